The number of carbonyl (C=O) groups excluding carboxylic acids is 1. The van der Waals surface area contributed by atoms with Crippen molar-refractivity contribution in [3.63, 3.8) is 0 Å². The molecule has 0 radical (unpaired) electrons. The summed E-state index contributed by atoms with van der Waals surface area (Å²) in [4.78, 5) is 17.4. The van der Waals surface area contributed by atoms with Crippen LogP contribution in [0.2, 0.25) is 0 Å². The lowest BCUT2D eigenvalue weighted by molar-refractivity contribution is -0.121. The highest BCUT2D eigenvalue weighted by Gasteiger charge is 2.28. The third-order valence-electron chi connectivity index (χ3n) is 3.00. The van der Waals surface area contributed by atoms with Crippen molar-refractivity contribution in [2.24, 2.45) is 5.73 Å². The zero-order valence-corrected chi connectivity index (χ0v) is 10.2. The van der Waals surface area contributed by atoms with E-state index in [4.69, 9.17) is 10.5 Å². The van der Waals surface area contributed by atoms with Crippen LogP contribution in [-0.4, -0.2) is 41.8 Å². The second-order valence-corrected chi connectivity index (χ2v) is 4.31. The number of carbonyl (C=O) groups is 1. The summed E-state index contributed by atoms with van der Waals surface area (Å²) in [5.74, 6) is 0.252. The van der Waals surface area contributed by atoms with E-state index in [2.05, 4.69) is 4.98 Å². The summed E-state index contributed by atoms with van der Waals surface area (Å²) in [5, 5.41) is 9.42. The Kier molecular flexibility index (Phi) is 3.78. The molecule has 1 saturated heterocycles. The molecule has 0 saturated carbocycles. The Balaban J connectivity index is 2.20. The summed E-state index contributed by atoms with van der Waals surface area (Å²) >= 11 is 0. The molecule has 1 amide bonds. The number of rotatable bonds is 3. The largest absolute Gasteiger partial charge is 0.389 e. The number of anilines is 1. The molecular formula is C12H17N3O3. The van der Waals surface area contributed by atoms with Gasteiger partial charge in [-0.15, -0.1) is 0 Å². The molecule has 1 aromatic rings. The molecule has 98 valence electrons. The fourth-order valence-corrected chi connectivity index (χ4v) is 1.93. The molecule has 3 N–H and O–H groups in total. The van der Waals surface area contributed by atoms with Crippen LogP contribution < -0.4 is 10.6 Å². The zero-order chi connectivity index (χ0) is 13.1. The van der Waals surface area contributed by atoms with E-state index in [0.717, 1.165) is 5.56 Å². The van der Waals surface area contributed by atoms with Crippen molar-refractivity contribution in [1.29, 1.82) is 0 Å². The van der Waals surface area contributed by atoms with Gasteiger partial charge in [-0.3, -0.25) is 4.79 Å². The Bertz CT molecular complexity index is 419. The number of hydrogen-bond acceptors (Lipinski definition) is 5. The second kappa shape index (κ2) is 5.32. The zero-order valence-electron chi connectivity index (χ0n) is 10.2. The first-order valence-electron chi connectivity index (χ1n) is 5.87. The number of nitrogens with two attached hydrogens (primary N) is 1. The van der Waals surface area contributed by atoms with Crippen LogP contribution in [0.25, 0.3) is 0 Å². The van der Waals surface area contributed by atoms with Crippen LogP contribution in [0.4, 0.5) is 5.82 Å². The first kappa shape index (κ1) is 12.8. The third-order valence-corrected chi connectivity index (χ3v) is 3.00. The second-order valence-electron chi connectivity index (χ2n) is 4.31. The van der Waals surface area contributed by atoms with Crippen molar-refractivity contribution in [2.45, 2.75) is 19.1 Å². The van der Waals surface area contributed by atoms with Gasteiger partial charge < -0.3 is 20.5 Å². The van der Waals surface area contributed by atoms with E-state index in [1.807, 2.05) is 4.90 Å². The first-order valence-corrected chi connectivity index (χ1v) is 5.87. The molecule has 6 nitrogen and oxygen atoms in total. The summed E-state index contributed by atoms with van der Waals surface area (Å²) in [6.45, 7) is 3.09. The summed E-state index contributed by atoms with van der Waals surface area (Å²) < 4.78 is 5.25. The van der Waals surface area contributed by atoms with E-state index < -0.39 is 18.1 Å². The standard InChI is InChI=1S/C12H17N3O3/c1-8(16)9-2-3-11(14-6-9)15-4-5-18-7-10(15)12(13)17/h2-3,6,8,10,16H,4-5,7H2,1H3,(H2,13,17)/t8-,10?/m1/s1. The van der Waals surface area contributed by atoms with Crippen LogP contribution in [0, 0.1) is 0 Å². The van der Waals surface area contributed by atoms with Crippen molar-refractivity contribution in [3.05, 3.63) is 23.9 Å². The Morgan fingerprint density at radius 3 is 3.00 bits per heavy atom. The minimum atomic E-state index is -0.553. The smallest absolute Gasteiger partial charge is 0.242 e. The molecule has 0 bridgehead atoms. The maximum Gasteiger partial charge on any atom is 0.242 e. The van der Waals surface area contributed by atoms with E-state index in [0.29, 0.717) is 19.0 Å². The molecule has 1 aliphatic heterocycles. The number of hydrogen-bond donors (Lipinski definition) is 2. The van der Waals surface area contributed by atoms with Gasteiger partial charge in [-0.1, -0.05) is 6.07 Å². The number of amides is 1. The summed E-state index contributed by atoms with van der Waals surface area (Å²) in [6, 6.07) is 3.09. The molecule has 1 unspecified atom stereocenters. The molecule has 2 heterocycles. The highest BCUT2D eigenvalue weighted by molar-refractivity contribution is 5.83. The average molecular weight is 251 g/mol. The highest BCUT2D eigenvalue weighted by atomic mass is 16.5. The number of aliphatic hydroxyl groups excluding tert-OH is 1. The van der Waals surface area contributed by atoms with Crippen LogP contribution in [-0.2, 0) is 9.53 Å². The fourth-order valence-electron chi connectivity index (χ4n) is 1.93. The highest BCUT2D eigenvalue weighted by Crippen LogP contribution is 2.19. The Hall–Kier alpha value is -1.66. The molecule has 1 fully saturated rings. The van der Waals surface area contributed by atoms with E-state index in [9.17, 15) is 9.90 Å². The Morgan fingerprint density at radius 1 is 1.67 bits per heavy atom. The lowest BCUT2D eigenvalue weighted by atomic mass is 10.1. The van der Waals surface area contributed by atoms with Gasteiger partial charge in [0.1, 0.15) is 11.9 Å². The maximum absolute atomic E-state index is 11.3. The predicted octanol–water partition coefficient (Wildman–Crippen LogP) is -0.175. The molecule has 1 aliphatic rings. The quantitative estimate of drug-likeness (QED) is 0.778. The van der Waals surface area contributed by atoms with E-state index in [1.165, 1.54) is 0 Å². The van der Waals surface area contributed by atoms with Gasteiger partial charge in [-0.05, 0) is 18.6 Å². The van der Waals surface area contributed by atoms with Gasteiger partial charge in [0, 0.05) is 12.7 Å². The van der Waals surface area contributed by atoms with Crippen molar-refractivity contribution >= 4 is 11.7 Å². The number of aromatic nitrogens is 1. The van der Waals surface area contributed by atoms with Gasteiger partial charge in [-0.25, -0.2) is 4.98 Å². The number of ether oxygens (including phenoxy) is 1. The molecule has 0 aliphatic carbocycles. The summed E-state index contributed by atoms with van der Waals surface area (Å²) in [7, 11) is 0. The van der Waals surface area contributed by atoms with Crippen molar-refractivity contribution in [1.82, 2.24) is 4.98 Å². The number of morpholine rings is 1. The number of nitrogens with zero attached hydrogens (tertiary/aromatic N) is 2. The monoisotopic (exact) mass is 251 g/mol. The molecule has 2 atom stereocenters. The Labute approximate surface area is 105 Å². The predicted molar refractivity (Wildman–Crippen MR) is 66.0 cm³/mol. The molecule has 6 heteroatoms. The first-order chi connectivity index (χ1) is 8.59. The third kappa shape index (κ3) is 2.60. The van der Waals surface area contributed by atoms with Crippen molar-refractivity contribution in [2.75, 3.05) is 24.7 Å². The van der Waals surface area contributed by atoms with Crippen molar-refractivity contribution < 1.29 is 14.6 Å². The molecule has 0 aromatic carbocycles. The van der Waals surface area contributed by atoms with E-state index >= 15 is 0 Å². The van der Waals surface area contributed by atoms with Crippen LogP contribution in [0.15, 0.2) is 18.3 Å². The van der Waals surface area contributed by atoms with Crippen molar-refractivity contribution in [3.8, 4) is 0 Å². The summed E-state index contributed by atoms with van der Waals surface area (Å²) in [5.41, 5.74) is 6.08. The van der Waals surface area contributed by atoms with Gasteiger partial charge in [0.25, 0.3) is 0 Å². The van der Waals surface area contributed by atoms with Gasteiger partial charge in [0.05, 0.1) is 19.3 Å². The van der Waals surface area contributed by atoms with E-state index in [1.54, 1.807) is 25.3 Å². The SMILES string of the molecule is C[C@@H](O)c1ccc(N2CCOCC2C(N)=O)nc1. The van der Waals surface area contributed by atoms with Crippen LogP contribution in [0.1, 0.15) is 18.6 Å². The lowest BCUT2D eigenvalue weighted by Gasteiger charge is -2.34. The number of pyridine rings is 1. The van der Waals surface area contributed by atoms with Gasteiger partial charge in [0.15, 0.2) is 0 Å². The fraction of sp³-hybridized carbons (Fsp3) is 0.500. The average Bonchev–Trinajstić information content (AvgIpc) is 2.39. The van der Waals surface area contributed by atoms with Gasteiger partial charge >= 0.3 is 0 Å². The molecule has 18 heavy (non-hydrogen) atoms. The molecule has 2 rings (SSSR count). The minimum Gasteiger partial charge on any atom is -0.389 e. The maximum atomic E-state index is 11.3. The van der Waals surface area contributed by atoms with Gasteiger partial charge in [0.2, 0.25) is 5.91 Å². The van der Waals surface area contributed by atoms with Crippen LogP contribution in [0.5, 0.6) is 0 Å². The minimum absolute atomic E-state index is 0.287. The topological polar surface area (TPSA) is 88.7 Å². The molecular weight excluding hydrogens is 234 g/mol. The molecule has 0 spiro atoms. The molecule has 1 aromatic heterocycles. The normalized spacial score (nSPS) is 21.7. The van der Waals surface area contributed by atoms with Crippen LogP contribution in [0.3, 0.4) is 0 Å². The number of primary amides is 1. The number of aliphatic hydroxyl groups is 1. The Morgan fingerprint density at radius 2 is 2.44 bits per heavy atom. The summed E-state index contributed by atoms with van der Waals surface area (Å²) in [6.07, 6.45) is 1.05. The van der Waals surface area contributed by atoms with Crippen LogP contribution >= 0.6 is 0 Å². The van der Waals surface area contributed by atoms with E-state index in [-0.39, 0.29) is 6.61 Å². The lowest BCUT2D eigenvalue weighted by Crippen LogP contribution is -2.53. The van der Waals surface area contributed by atoms with Gasteiger partial charge in [-0.2, -0.15) is 0 Å².